The van der Waals surface area contributed by atoms with Crippen LogP contribution in [0.1, 0.15) is 134 Å². The van der Waals surface area contributed by atoms with Crippen LogP contribution in [0.4, 0.5) is 0 Å². The van der Waals surface area contributed by atoms with E-state index in [0.29, 0.717) is 5.92 Å². The molecule has 4 atom stereocenters. The molecular weight excluding hydrogens is 464 g/mol. The third-order valence-corrected chi connectivity index (χ3v) is 7.47. The highest BCUT2D eigenvalue weighted by Gasteiger charge is 2.25. The van der Waals surface area contributed by atoms with Crippen molar-refractivity contribution in [2.24, 2.45) is 29.6 Å². The molecule has 0 nitrogen and oxygen atoms in total. The highest BCUT2D eigenvalue weighted by molar-refractivity contribution is 7.80. The van der Waals surface area contributed by atoms with Gasteiger partial charge in [-0.25, -0.2) is 0 Å². The van der Waals surface area contributed by atoms with E-state index in [-0.39, 0.29) is 0 Å². The van der Waals surface area contributed by atoms with Crippen LogP contribution in [0.5, 0.6) is 0 Å². The molecule has 1 heteroatoms. The molecule has 0 N–H and O–H groups in total. The van der Waals surface area contributed by atoms with Crippen LogP contribution in [0.15, 0.2) is 60.3 Å². The van der Waals surface area contributed by atoms with Crippen molar-refractivity contribution in [2.45, 2.75) is 134 Å². The maximum Gasteiger partial charge on any atom is 0.0153 e. The summed E-state index contributed by atoms with van der Waals surface area (Å²) in [5.74, 6) is 4.25. The molecule has 4 unspecified atom stereocenters. The summed E-state index contributed by atoms with van der Waals surface area (Å²) in [4.78, 5) is 1.00. The minimum Gasteiger partial charge on any atom is -0.106 e. The van der Waals surface area contributed by atoms with Crippen molar-refractivity contribution in [1.82, 2.24) is 0 Å². The Kier molecular flexibility index (Phi) is 28.7. The van der Waals surface area contributed by atoms with Crippen LogP contribution in [0, 0.1) is 29.6 Å². The van der Waals surface area contributed by atoms with Gasteiger partial charge in [-0.15, -0.1) is 13.2 Å². The van der Waals surface area contributed by atoms with Crippen molar-refractivity contribution < 1.29 is 0 Å². The van der Waals surface area contributed by atoms with Gasteiger partial charge in [0.1, 0.15) is 0 Å². The fraction of sp³-hybridized carbons (Fsp3) is 0.694. The van der Waals surface area contributed by atoms with Crippen molar-refractivity contribution in [2.75, 3.05) is 0 Å². The van der Waals surface area contributed by atoms with Gasteiger partial charge in [0, 0.05) is 4.86 Å². The second kappa shape index (κ2) is 26.4. The average Bonchev–Trinajstić information content (AvgIpc) is 3.72. The fourth-order valence-corrected chi connectivity index (χ4v) is 4.52. The van der Waals surface area contributed by atoms with Crippen LogP contribution in [0.3, 0.4) is 0 Å². The maximum absolute atomic E-state index is 5.07. The molecule has 0 aliphatic heterocycles. The Morgan fingerprint density at radius 3 is 1.95 bits per heavy atom. The Hall–Kier alpha value is -1.21. The Morgan fingerprint density at radius 1 is 1.03 bits per heavy atom. The van der Waals surface area contributed by atoms with Crippen LogP contribution < -0.4 is 0 Å². The molecule has 2 aliphatic carbocycles. The molecule has 0 heterocycles. The summed E-state index contributed by atoms with van der Waals surface area (Å²) >= 11 is 5.07. The molecule has 37 heavy (non-hydrogen) atoms. The average molecular weight is 531 g/mol. The summed E-state index contributed by atoms with van der Waals surface area (Å²) in [6.07, 6.45) is 22.4. The molecule has 0 amide bonds. The van der Waals surface area contributed by atoms with Crippen LogP contribution in [0.25, 0.3) is 0 Å². The van der Waals surface area contributed by atoms with E-state index < -0.39 is 0 Å². The van der Waals surface area contributed by atoms with E-state index in [1.54, 1.807) is 0 Å². The first-order chi connectivity index (χ1) is 17.6. The van der Waals surface area contributed by atoms with Gasteiger partial charge >= 0.3 is 0 Å². The Balaban J connectivity index is -0.000000492. The third-order valence-electron chi connectivity index (χ3n) is 7.21. The Labute approximate surface area is 240 Å². The molecule has 0 aromatic rings. The van der Waals surface area contributed by atoms with E-state index in [0.717, 1.165) is 35.0 Å². The zero-order valence-corrected chi connectivity index (χ0v) is 28.1. The van der Waals surface area contributed by atoms with Gasteiger partial charge in [0.25, 0.3) is 0 Å². The quantitative estimate of drug-likeness (QED) is 0.0889. The summed E-state index contributed by atoms with van der Waals surface area (Å²) in [6, 6.07) is 0. The monoisotopic (exact) mass is 530 g/mol. The predicted molar refractivity (Wildman–Crippen MR) is 180 cm³/mol. The van der Waals surface area contributed by atoms with Crippen LogP contribution >= 0.6 is 12.2 Å². The van der Waals surface area contributed by atoms with E-state index in [1.807, 2.05) is 20.8 Å². The number of hydrogen-bond acceptors (Lipinski definition) is 1. The minimum atomic E-state index is 0.712. The van der Waals surface area contributed by atoms with E-state index in [9.17, 15) is 0 Å². The molecule has 1 fully saturated rings. The SMILES string of the molecule is C=C.CC.CC/C(=C\C=C(C)C)C(C)=S.CCC1CC1.CCCCCC(C)C(C)C1C=CC(C)=CC1C. The zero-order valence-electron chi connectivity index (χ0n) is 27.3. The molecular formula is C36H66S. The highest BCUT2D eigenvalue weighted by atomic mass is 32.1. The number of allylic oxidation sites excluding steroid dienone is 8. The van der Waals surface area contributed by atoms with Crippen LogP contribution in [0.2, 0.25) is 0 Å². The number of hydrogen-bond donors (Lipinski definition) is 0. The van der Waals surface area contributed by atoms with Gasteiger partial charge in [0.2, 0.25) is 0 Å². The number of unbranched alkanes of at least 4 members (excludes halogenated alkanes) is 2. The van der Waals surface area contributed by atoms with Crippen molar-refractivity contribution in [1.29, 1.82) is 0 Å². The summed E-state index contributed by atoms with van der Waals surface area (Å²) in [6.45, 7) is 32.3. The van der Waals surface area contributed by atoms with Crippen molar-refractivity contribution in [3.05, 3.63) is 60.3 Å². The number of rotatable bonds is 10. The van der Waals surface area contributed by atoms with Gasteiger partial charge in [-0.3, -0.25) is 0 Å². The van der Waals surface area contributed by atoms with Crippen LogP contribution in [-0.4, -0.2) is 4.86 Å². The third kappa shape index (κ3) is 22.5. The Bertz CT molecular complexity index is 667. The first-order valence-electron chi connectivity index (χ1n) is 15.3. The molecule has 0 bridgehead atoms. The minimum absolute atomic E-state index is 0.712. The molecule has 0 spiro atoms. The lowest BCUT2D eigenvalue weighted by molar-refractivity contribution is 0.247. The Morgan fingerprint density at radius 2 is 1.59 bits per heavy atom. The lowest BCUT2D eigenvalue weighted by atomic mass is 9.73. The lowest BCUT2D eigenvalue weighted by Crippen LogP contribution is -2.24. The summed E-state index contributed by atoms with van der Waals surface area (Å²) in [7, 11) is 0. The van der Waals surface area contributed by atoms with Gasteiger partial charge in [-0.2, -0.15) is 0 Å². The number of thiocarbonyl (C=S) groups is 1. The summed E-state index contributed by atoms with van der Waals surface area (Å²) in [5, 5.41) is 0. The van der Waals surface area contributed by atoms with E-state index in [2.05, 4.69) is 106 Å². The summed E-state index contributed by atoms with van der Waals surface area (Å²) < 4.78 is 0. The zero-order chi connectivity index (χ0) is 29.4. The predicted octanol–water partition coefficient (Wildman–Crippen LogP) is 12.9. The maximum atomic E-state index is 5.07. The first kappa shape index (κ1) is 40.3. The highest BCUT2D eigenvalue weighted by Crippen LogP contribution is 2.34. The van der Waals surface area contributed by atoms with Crippen molar-refractivity contribution in [3.8, 4) is 0 Å². The van der Waals surface area contributed by atoms with Crippen molar-refractivity contribution in [3.63, 3.8) is 0 Å². The second-order valence-corrected chi connectivity index (χ2v) is 11.3. The van der Waals surface area contributed by atoms with Crippen LogP contribution in [-0.2, 0) is 0 Å². The molecule has 2 rings (SSSR count). The molecule has 0 aromatic carbocycles. The fourth-order valence-electron chi connectivity index (χ4n) is 4.31. The summed E-state index contributed by atoms with van der Waals surface area (Å²) in [5.41, 5.74) is 4.01. The second-order valence-electron chi connectivity index (χ2n) is 10.7. The van der Waals surface area contributed by atoms with E-state index >= 15 is 0 Å². The molecule has 1 saturated carbocycles. The van der Waals surface area contributed by atoms with E-state index in [4.69, 9.17) is 12.2 Å². The molecule has 0 aromatic heterocycles. The smallest absolute Gasteiger partial charge is 0.0153 e. The molecule has 2 aliphatic rings. The van der Waals surface area contributed by atoms with Gasteiger partial charge < -0.3 is 0 Å². The van der Waals surface area contributed by atoms with E-state index in [1.165, 1.54) is 61.7 Å². The standard InChI is InChI=1S/C17H30.C10H16S.C5H10.C2H6.C2H4/c1-6-7-8-9-14(3)16(5)17-11-10-13(2)12-15(17)4;1-5-10(9(4)11)7-6-8(2)3;1-2-5-3-4-5;2*1-2/h10-12,14-17H,6-9H2,1-5H3;6-7H,5H2,1-4H3;5H,2-4H2,1H3;1-2H3;1-2H2/b;10-7+;;;. The molecule has 0 radical (unpaired) electrons. The van der Waals surface area contributed by atoms with Gasteiger partial charge in [-0.05, 0) is 69.3 Å². The van der Waals surface area contributed by atoms with Gasteiger partial charge in [0.05, 0.1) is 0 Å². The first-order valence-corrected chi connectivity index (χ1v) is 15.7. The lowest BCUT2D eigenvalue weighted by Gasteiger charge is -2.32. The largest absolute Gasteiger partial charge is 0.106 e. The molecule has 216 valence electrons. The molecule has 0 saturated heterocycles. The van der Waals surface area contributed by atoms with Crippen molar-refractivity contribution >= 4 is 17.1 Å². The van der Waals surface area contributed by atoms with Gasteiger partial charge in [-0.1, -0.05) is 154 Å². The topological polar surface area (TPSA) is 0 Å². The van der Waals surface area contributed by atoms with Gasteiger partial charge in [0.15, 0.2) is 0 Å². The normalized spacial score (nSPS) is 19.5.